The fourth-order valence-electron chi connectivity index (χ4n) is 2.96. The normalized spacial score (nSPS) is 10.9. The number of para-hydroxylation sites is 1. The smallest absolute Gasteiger partial charge is 0.252 e. The number of hydrogen-bond donors (Lipinski definition) is 3. The molecule has 3 heterocycles. The van der Waals surface area contributed by atoms with Crippen molar-refractivity contribution in [2.45, 2.75) is 13.3 Å². The minimum atomic E-state index is -0.165. The number of nitrogens with zero attached hydrogens (tertiary/aromatic N) is 2. The lowest BCUT2D eigenvalue weighted by molar-refractivity contribution is 0.0954. The summed E-state index contributed by atoms with van der Waals surface area (Å²) in [6, 6.07) is 11.6. The second kappa shape index (κ2) is 7.33. The molecule has 0 radical (unpaired) electrons. The maximum Gasteiger partial charge on any atom is 0.252 e. The summed E-state index contributed by atoms with van der Waals surface area (Å²) < 4.78 is 5.02. The quantitative estimate of drug-likeness (QED) is 0.488. The predicted octanol–water partition coefficient (Wildman–Crippen LogP) is 3.58. The molecule has 0 spiro atoms. The summed E-state index contributed by atoms with van der Waals surface area (Å²) >= 11 is 0. The summed E-state index contributed by atoms with van der Waals surface area (Å²) in [5.41, 5.74) is 3.44. The maximum atomic E-state index is 12.4. The van der Waals surface area contributed by atoms with E-state index in [-0.39, 0.29) is 5.91 Å². The standard InChI is InChI=1S/C20H19N5O2/c1-13-8-19(25-27-13)24-16-9-15(10-21-12-16)20(26)22-7-6-14-11-23-18-5-3-2-4-17(14)18/h2-5,8-12,23H,6-7H2,1H3,(H,22,26)(H,24,25). The first-order valence-corrected chi connectivity index (χ1v) is 8.67. The zero-order chi connectivity index (χ0) is 18.6. The van der Waals surface area contributed by atoms with Crippen LogP contribution in [0.1, 0.15) is 21.7 Å². The van der Waals surface area contributed by atoms with E-state index in [1.807, 2.05) is 31.3 Å². The van der Waals surface area contributed by atoms with Crippen LogP contribution in [0.2, 0.25) is 0 Å². The van der Waals surface area contributed by atoms with Crippen LogP contribution in [-0.2, 0) is 6.42 Å². The van der Waals surface area contributed by atoms with Gasteiger partial charge in [-0.05, 0) is 31.0 Å². The molecule has 0 bridgehead atoms. The van der Waals surface area contributed by atoms with Gasteiger partial charge in [-0.1, -0.05) is 23.4 Å². The number of carbonyl (C=O) groups excluding carboxylic acids is 1. The summed E-state index contributed by atoms with van der Waals surface area (Å²) in [7, 11) is 0. The SMILES string of the molecule is Cc1cc(Nc2cncc(C(=O)NCCc3c[nH]c4ccccc34)c2)no1. The Balaban J connectivity index is 1.37. The molecule has 0 aliphatic rings. The van der Waals surface area contributed by atoms with Gasteiger partial charge in [-0.2, -0.15) is 0 Å². The fourth-order valence-corrected chi connectivity index (χ4v) is 2.96. The third kappa shape index (κ3) is 3.82. The summed E-state index contributed by atoms with van der Waals surface area (Å²) in [5, 5.41) is 11.1. The van der Waals surface area contributed by atoms with E-state index in [0.29, 0.717) is 29.4 Å². The van der Waals surface area contributed by atoms with Gasteiger partial charge in [-0.25, -0.2) is 0 Å². The highest BCUT2D eigenvalue weighted by atomic mass is 16.5. The van der Waals surface area contributed by atoms with Crippen LogP contribution in [0.3, 0.4) is 0 Å². The van der Waals surface area contributed by atoms with Crippen LogP contribution < -0.4 is 10.6 Å². The van der Waals surface area contributed by atoms with E-state index in [4.69, 9.17) is 4.52 Å². The van der Waals surface area contributed by atoms with Crippen molar-refractivity contribution < 1.29 is 9.32 Å². The number of fused-ring (bicyclic) bond motifs is 1. The molecule has 27 heavy (non-hydrogen) atoms. The maximum absolute atomic E-state index is 12.4. The van der Waals surface area contributed by atoms with Crippen molar-refractivity contribution in [3.8, 4) is 0 Å². The first-order chi connectivity index (χ1) is 13.2. The van der Waals surface area contributed by atoms with Gasteiger partial charge >= 0.3 is 0 Å². The second-order valence-electron chi connectivity index (χ2n) is 6.28. The van der Waals surface area contributed by atoms with Crippen molar-refractivity contribution >= 4 is 28.3 Å². The van der Waals surface area contributed by atoms with Gasteiger partial charge in [-0.3, -0.25) is 9.78 Å². The highest BCUT2D eigenvalue weighted by molar-refractivity contribution is 5.94. The molecular formula is C20H19N5O2. The van der Waals surface area contributed by atoms with Crippen LogP contribution in [-0.4, -0.2) is 27.6 Å². The zero-order valence-corrected chi connectivity index (χ0v) is 14.8. The molecule has 0 saturated carbocycles. The number of rotatable bonds is 6. The van der Waals surface area contributed by atoms with Gasteiger partial charge in [0.25, 0.3) is 5.91 Å². The Hall–Kier alpha value is -3.61. The van der Waals surface area contributed by atoms with E-state index in [2.05, 4.69) is 31.8 Å². The van der Waals surface area contributed by atoms with Crippen LogP contribution >= 0.6 is 0 Å². The number of H-pyrrole nitrogens is 1. The summed E-state index contributed by atoms with van der Waals surface area (Å²) in [6.45, 7) is 2.36. The number of nitrogens with one attached hydrogen (secondary N) is 3. The Morgan fingerprint density at radius 3 is 2.96 bits per heavy atom. The molecule has 0 aliphatic carbocycles. The van der Waals surface area contributed by atoms with Crippen LogP contribution in [0, 0.1) is 6.92 Å². The molecule has 7 heteroatoms. The van der Waals surface area contributed by atoms with Crippen molar-refractivity contribution in [1.82, 2.24) is 20.4 Å². The van der Waals surface area contributed by atoms with Gasteiger partial charge in [0.15, 0.2) is 5.82 Å². The third-order valence-electron chi connectivity index (χ3n) is 4.26. The van der Waals surface area contributed by atoms with Crippen LogP contribution in [0.4, 0.5) is 11.5 Å². The summed E-state index contributed by atoms with van der Waals surface area (Å²) in [6.07, 6.45) is 5.91. The highest BCUT2D eigenvalue weighted by Gasteiger charge is 2.09. The van der Waals surface area contributed by atoms with Gasteiger partial charge < -0.3 is 20.1 Å². The molecule has 3 N–H and O–H groups in total. The number of aromatic nitrogens is 3. The monoisotopic (exact) mass is 361 g/mol. The van der Waals surface area contributed by atoms with E-state index >= 15 is 0 Å². The van der Waals surface area contributed by atoms with Gasteiger partial charge in [0.2, 0.25) is 0 Å². The van der Waals surface area contributed by atoms with E-state index in [1.165, 1.54) is 10.9 Å². The van der Waals surface area contributed by atoms with E-state index < -0.39 is 0 Å². The fraction of sp³-hybridized carbons (Fsp3) is 0.150. The van der Waals surface area contributed by atoms with Crippen molar-refractivity contribution in [3.63, 3.8) is 0 Å². The first kappa shape index (κ1) is 16.8. The highest BCUT2D eigenvalue weighted by Crippen LogP contribution is 2.18. The summed E-state index contributed by atoms with van der Waals surface area (Å²) in [5.74, 6) is 1.12. The molecule has 4 rings (SSSR count). The number of pyridine rings is 1. The minimum absolute atomic E-state index is 0.165. The molecule has 0 fully saturated rings. The van der Waals surface area contributed by atoms with Gasteiger partial charge in [0.05, 0.1) is 17.4 Å². The van der Waals surface area contributed by atoms with E-state index in [1.54, 1.807) is 24.5 Å². The lowest BCUT2D eigenvalue weighted by atomic mass is 10.1. The number of aryl methyl sites for hydroxylation is 1. The molecule has 7 nitrogen and oxygen atoms in total. The largest absolute Gasteiger partial charge is 0.361 e. The number of aromatic amines is 1. The van der Waals surface area contributed by atoms with E-state index in [0.717, 1.165) is 11.9 Å². The predicted molar refractivity (Wildman–Crippen MR) is 103 cm³/mol. The van der Waals surface area contributed by atoms with Crippen molar-refractivity contribution in [2.24, 2.45) is 0 Å². The average molecular weight is 361 g/mol. The second-order valence-corrected chi connectivity index (χ2v) is 6.28. The Bertz CT molecular complexity index is 1080. The topological polar surface area (TPSA) is 95.8 Å². The number of anilines is 2. The summed E-state index contributed by atoms with van der Waals surface area (Å²) in [4.78, 5) is 19.8. The van der Waals surface area contributed by atoms with Crippen LogP contribution in [0.25, 0.3) is 10.9 Å². The van der Waals surface area contributed by atoms with Crippen molar-refractivity contribution in [3.05, 3.63) is 71.9 Å². The van der Waals surface area contributed by atoms with Gasteiger partial charge in [0, 0.05) is 35.9 Å². The molecule has 136 valence electrons. The first-order valence-electron chi connectivity index (χ1n) is 8.67. The van der Waals surface area contributed by atoms with Crippen molar-refractivity contribution in [2.75, 3.05) is 11.9 Å². The number of hydrogen-bond acceptors (Lipinski definition) is 5. The lowest BCUT2D eigenvalue weighted by Crippen LogP contribution is -2.25. The average Bonchev–Trinajstić information content (AvgIpc) is 3.28. The van der Waals surface area contributed by atoms with E-state index in [9.17, 15) is 4.79 Å². The minimum Gasteiger partial charge on any atom is -0.361 e. The Kier molecular flexibility index (Phi) is 4.57. The Morgan fingerprint density at radius 2 is 2.11 bits per heavy atom. The molecule has 1 aromatic carbocycles. The zero-order valence-electron chi connectivity index (χ0n) is 14.8. The molecule has 0 aliphatic heterocycles. The molecule has 0 atom stereocenters. The number of benzene rings is 1. The molecule has 0 saturated heterocycles. The molecular weight excluding hydrogens is 342 g/mol. The molecule has 0 unspecified atom stereocenters. The van der Waals surface area contributed by atoms with Gasteiger partial charge in [0.1, 0.15) is 5.76 Å². The third-order valence-corrected chi connectivity index (χ3v) is 4.26. The number of carbonyl (C=O) groups is 1. The van der Waals surface area contributed by atoms with Gasteiger partial charge in [-0.15, -0.1) is 0 Å². The lowest BCUT2D eigenvalue weighted by Gasteiger charge is -2.07. The number of amides is 1. The molecule has 1 amide bonds. The van der Waals surface area contributed by atoms with Crippen molar-refractivity contribution in [1.29, 1.82) is 0 Å². The van der Waals surface area contributed by atoms with Crippen LogP contribution in [0.5, 0.6) is 0 Å². The molecule has 4 aromatic rings. The van der Waals surface area contributed by atoms with Crippen LogP contribution in [0.15, 0.2) is 59.5 Å². The molecule has 3 aromatic heterocycles. The Labute approximate surface area is 155 Å². The Morgan fingerprint density at radius 1 is 1.22 bits per heavy atom.